The summed E-state index contributed by atoms with van der Waals surface area (Å²) >= 11 is 0. The highest BCUT2D eigenvalue weighted by atomic mass is 32.2. The molecule has 0 aliphatic carbocycles. The van der Waals surface area contributed by atoms with Crippen LogP contribution >= 0.6 is 0 Å². The molecule has 1 saturated heterocycles. The molecule has 3 heterocycles. The van der Waals surface area contributed by atoms with Gasteiger partial charge in [-0.15, -0.1) is 0 Å². The third-order valence-corrected chi connectivity index (χ3v) is 9.18. The zero-order valence-electron chi connectivity index (χ0n) is 22.8. The van der Waals surface area contributed by atoms with E-state index >= 15 is 0 Å². The van der Waals surface area contributed by atoms with E-state index in [1.54, 1.807) is 29.9 Å². The van der Waals surface area contributed by atoms with Crippen molar-refractivity contribution in [1.29, 1.82) is 0 Å². The molecule has 1 aliphatic rings. The molecule has 0 radical (unpaired) electrons. The van der Waals surface area contributed by atoms with Crippen molar-refractivity contribution in [3.05, 3.63) is 78.6 Å². The van der Waals surface area contributed by atoms with Crippen LogP contribution in [0, 0.1) is 0 Å². The van der Waals surface area contributed by atoms with Crippen molar-refractivity contribution in [2.45, 2.75) is 25.0 Å². The molecule has 0 atom stereocenters. The minimum absolute atomic E-state index is 0.286. The van der Waals surface area contributed by atoms with Gasteiger partial charge in [-0.05, 0) is 49.4 Å². The van der Waals surface area contributed by atoms with E-state index < -0.39 is 9.84 Å². The van der Waals surface area contributed by atoms with Crippen LogP contribution in [0.1, 0.15) is 30.1 Å². The molecule has 2 aromatic heterocycles. The van der Waals surface area contributed by atoms with Crippen LogP contribution in [0.5, 0.6) is 0 Å². The molecule has 210 valence electrons. The molecule has 1 aliphatic heterocycles. The molecule has 6 rings (SSSR count). The normalized spacial score (nSPS) is 14.4. The summed E-state index contributed by atoms with van der Waals surface area (Å²) in [6.07, 6.45) is 6.04. The smallest absolute Gasteiger partial charge is 0.338 e. The molecule has 41 heavy (non-hydrogen) atoms. The van der Waals surface area contributed by atoms with Crippen LogP contribution in [0.25, 0.3) is 27.5 Å². The molecule has 0 bridgehead atoms. The Hall–Kier alpha value is -4.51. The number of esters is 1. The predicted molar refractivity (Wildman–Crippen MR) is 160 cm³/mol. The molecular weight excluding hydrogens is 540 g/mol. The summed E-state index contributed by atoms with van der Waals surface area (Å²) in [4.78, 5) is 23.9. The number of piperidine rings is 1. The van der Waals surface area contributed by atoms with Crippen LogP contribution in [0.2, 0.25) is 0 Å². The van der Waals surface area contributed by atoms with Gasteiger partial charge in [-0.3, -0.25) is 0 Å². The van der Waals surface area contributed by atoms with Gasteiger partial charge in [0.05, 0.1) is 29.1 Å². The number of carbonyl (C=O) groups excluding carboxylic acids is 1. The number of rotatable bonds is 7. The molecule has 0 amide bonds. The number of nitrogens with one attached hydrogen (secondary N) is 1. The lowest BCUT2D eigenvalue weighted by Gasteiger charge is -2.33. The first-order valence-corrected chi connectivity index (χ1v) is 15.5. The van der Waals surface area contributed by atoms with Gasteiger partial charge in [0.2, 0.25) is 5.95 Å². The third kappa shape index (κ3) is 5.20. The van der Waals surface area contributed by atoms with Gasteiger partial charge < -0.3 is 15.0 Å². The van der Waals surface area contributed by atoms with E-state index in [0.717, 1.165) is 33.1 Å². The number of ether oxygens (including phenoxy) is 1. The van der Waals surface area contributed by atoms with E-state index in [4.69, 9.17) is 9.72 Å². The SMILES string of the molecule is CCOC(=O)c1ccc(Nc2nccc(-n3ncc4c(N5CCC(S(C)(=O)=O)CC5)cccc43)n2)c2ccccc12. The van der Waals surface area contributed by atoms with Crippen molar-refractivity contribution in [3.8, 4) is 5.82 Å². The van der Waals surface area contributed by atoms with Gasteiger partial charge in [0.15, 0.2) is 5.82 Å². The van der Waals surface area contributed by atoms with Crippen LogP contribution in [-0.2, 0) is 14.6 Å². The quantitative estimate of drug-likeness (QED) is 0.272. The second-order valence-electron chi connectivity index (χ2n) is 10.1. The number of hydrogen-bond acceptors (Lipinski definition) is 9. The number of fused-ring (bicyclic) bond motifs is 2. The molecule has 3 aromatic carbocycles. The zero-order chi connectivity index (χ0) is 28.6. The molecule has 10 nitrogen and oxygen atoms in total. The third-order valence-electron chi connectivity index (χ3n) is 7.50. The van der Waals surface area contributed by atoms with Crippen molar-refractivity contribution in [1.82, 2.24) is 19.7 Å². The van der Waals surface area contributed by atoms with Crippen LogP contribution in [-0.4, -0.2) is 65.3 Å². The van der Waals surface area contributed by atoms with Crippen molar-refractivity contribution in [2.24, 2.45) is 0 Å². The number of hydrogen-bond donors (Lipinski definition) is 1. The van der Waals surface area contributed by atoms with Crippen LogP contribution in [0.4, 0.5) is 17.3 Å². The van der Waals surface area contributed by atoms with Crippen molar-refractivity contribution in [3.63, 3.8) is 0 Å². The lowest BCUT2D eigenvalue weighted by molar-refractivity contribution is 0.0528. The summed E-state index contributed by atoms with van der Waals surface area (Å²) < 4.78 is 31.0. The van der Waals surface area contributed by atoms with E-state index in [1.807, 2.05) is 54.7 Å². The van der Waals surface area contributed by atoms with Gasteiger partial charge in [0.1, 0.15) is 9.84 Å². The lowest BCUT2D eigenvalue weighted by atomic mass is 10.0. The van der Waals surface area contributed by atoms with E-state index in [0.29, 0.717) is 49.9 Å². The van der Waals surface area contributed by atoms with E-state index in [2.05, 4.69) is 20.3 Å². The topological polar surface area (TPSA) is 119 Å². The molecule has 11 heteroatoms. The number of sulfone groups is 1. The maximum absolute atomic E-state index is 12.5. The Morgan fingerprint density at radius 3 is 2.54 bits per heavy atom. The Kier molecular flexibility index (Phi) is 7.04. The molecule has 1 fully saturated rings. The monoisotopic (exact) mass is 570 g/mol. The maximum Gasteiger partial charge on any atom is 0.338 e. The first kappa shape index (κ1) is 26.7. The van der Waals surface area contributed by atoms with Gasteiger partial charge in [-0.1, -0.05) is 30.3 Å². The fraction of sp³-hybridized carbons (Fsp3) is 0.267. The van der Waals surface area contributed by atoms with Gasteiger partial charge in [-0.2, -0.15) is 10.1 Å². The number of carbonyl (C=O) groups is 1. The first-order chi connectivity index (χ1) is 19.8. The summed E-state index contributed by atoms with van der Waals surface area (Å²) in [5.74, 6) is 0.621. The van der Waals surface area contributed by atoms with Gasteiger partial charge in [0, 0.05) is 53.8 Å². The molecule has 0 spiro atoms. The molecule has 0 unspecified atom stereocenters. The number of benzene rings is 3. The first-order valence-electron chi connectivity index (χ1n) is 13.5. The lowest BCUT2D eigenvalue weighted by Crippen LogP contribution is -2.39. The van der Waals surface area contributed by atoms with E-state index in [1.165, 1.54) is 6.26 Å². The zero-order valence-corrected chi connectivity index (χ0v) is 23.6. The summed E-state index contributed by atoms with van der Waals surface area (Å²) in [6, 6.07) is 19.0. The van der Waals surface area contributed by atoms with Gasteiger partial charge >= 0.3 is 5.97 Å². The van der Waals surface area contributed by atoms with Crippen LogP contribution in [0.15, 0.2) is 73.1 Å². The average Bonchev–Trinajstić information content (AvgIpc) is 3.42. The number of nitrogens with zero attached hydrogens (tertiary/aromatic N) is 5. The summed E-state index contributed by atoms with van der Waals surface area (Å²) in [7, 11) is -3.04. The number of anilines is 3. The number of aromatic nitrogens is 4. The molecule has 5 aromatic rings. The predicted octanol–water partition coefficient (Wildman–Crippen LogP) is 4.90. The Balaban J connectivity index is 1.29. The minimum atomic E-state index is -3.04. The molecular formula is C30H30N6O4S. The Morgan fingerprint density at radius 2 is 1.78 bits per heavy atom. The standard InChI is InChI=1S/C30H30N6O4S/c1-3-40-29(37)23-11-12-25(22-8-5-4-7-21(22)23)33-30-31-16-13-28(34-30)36-27-10-6-9-26(24(27)19-32-36)35-17-14-20(15-18-35)41(2,38)39/h4-13,16,19-20H,3,14-15,17-18H2,1-2H3,(H,31,33,34). The molecule has 0 saturated carbocycles. The van der Waals surface area contributed by atoms with Crippen molar-refractivity contribution < 1.29 is 17.9 Å². The minimum Gasteiger partial charge on any atom is -0.462 e. The summed E-state index contributed by atoms with van der Waals surface area (Å²) in [5, 5.41) is 10.3. The fourth-order valence-corrected chi connectivity index (χ4v) is 6.53. The van der Waals surface area contributed by atoms with E-state index in [-0.39, 0.29) is 11.2 Å². The summed E-state index contributed by atoms with van der Waals surface area (Å²) in [6.45, 7) is 3.44. The highest BCUT2D eigenvalue weighted by Gasteiger charge is 2.27. The Morgan fingerprint density at radius 1 is 1.00 bits per heavy atom. The van der Waals surface area contributed by atoms with Crippen molar-refractivity contribution in [2.75, 3.05) is 36.2 Å². The highest BCUT2D eigenvalue weighted by Crippen LogP contribution is 2.32. The van der Waals surface area contributed by atoms with E-state index in [9.17, 15) is 13.2 Å². The largest absolute Gasteiger partial charge is 0.462 e. The Labute approximate surface area is 237 Å². The van der Waals surface area contributed by atoms with Gasteiger partial charge in [0.25, 0.3) is 0 Å². The molecule has 1 N–H and O–H groups in total. The maximum atomic E-state index is 12.5. The van der Waals surface area contributed by atoms with Crippen LogP contribution < -0.4 is 10.2 Å². The van der Waals surface area contributed by atoms with Crippen molar-refractivity contribution >= 4 is 54.8 Å². The highest BCUT2D eigenvalue weighted by molar-refractivity contribution is 7.91. The second kappa shape index (κ2) is 10.8. The van der Waals surface area contributed by atoms with Crippen LogP contribution in [0.3, 0.4) is 0 Å². The van der Waals surface area contributed by atoms with Gasteiger partial charge in [-0.25, -0.2) is 22.9 Å². The summed E-state index contributed by atoms with van der Waals surface area (Å²) in [5.41, 5.74) is 3.18. The fourth-order valence-electron chi connectivity index (χ4n) is 5.46. The second-order valence-corrected chi connectivity index (χ2v) is 12.4. The Bertz CT molecular complexity index is 1860. The average molecular weight is 571 g/mol.